The van der Waals surface area contributed by atoms with Crippen molar-refractivity contribution in [1.82, 2.24) is 0 Å². The van der Waals surface area contributed by atoms with E-state index in [4.69, 9.17) is 17.3 Å². The molecule has 0 unspecified atom stereocenters. The Kier molecular flexibility index (Phi) is 2.95. The van der Waals surface area contributed by atoms with Crippen molar-refractivity contribution < 1.29 is 9.18 Å². The van der Waals surface area contributed by atoms with Gasteiger partial charge in [-0.3, -0.25) is 4.79 Å². The second-order valence-corrected chi connectivity index (χ2v) is 4.88. The maximum absolute atomic E-state index is 12.9. The average Bonchev–Trinajstić information content (AvgIpc) is 2.74. The maximum Gasteiger partial charge on any atom is 0.258 e. The third-order valence-electron chi connectivity index (χ3n) is 3.15. The first-order valence-electron chi connectivity index (χ1n) is 5.93. The SMILES string of the molecule is N/C(=C1\C(=O)Nc2ccc(Cl)cc21)c1ccc(F)cc1. The second kappa shape index (κ2) is 4.65. The van der Waals surface area contributed by atoms with Gasteiger partial charge in [0.2, 0.25) is 0 Å². The minimum Gasteiger partial charge on any atom is -0.398 e. The van der Waals surface area contributed by atoms with Gasteiger partial charge in [-0.1, -0.05) is 11.6 Å². The molecule has 0 saturated carbocycles. The van der Waals surface area contributed by atoms with Crippen LogP contribution in [0.4, 0.5) is 10.1 Å². The summed E-state index contributed by atoms with van der Waals surface area (Å²) in [5.41, 5.74) is 8.62. The predicted octanol–water partition coefficient (Wildman–Crippen LogP) is 3.26. The molecule has 0 atom stereocenters. The van der Waals surface area contributed by atoms with Crippen molar-refractivity contribution in [2.75, 3.05) is 5.32 Å². The number of carbonyl (C=O) groups excluding carboxylic acids is 1. The second-order valence-electron chi connectivity index (χ2n) is 4.44. The van der Waals surface area contributed by atoms with Crippen molar-refractivity contribution in [2.45, 2.75) is 0 Å². The van der Waals surface area contributed by atoms with Gasteiger partial charge in [0.15, 0.2) is 0 Å². The Hall–Kier alpha value is -2.33. The molecule has 0 aliphatic carbocycles. The molecule has 2 aromatic rings. The van der Waals surface area contributed by atoms with Gasteiger partial charge >= 0.3 is 0 Å². The Labute approximate surface area is 119 Å². The summed E-state index contributed by atoms with van der Waals surface area (Å²) in [4.78, 5) is 12.1. The number of hydrogen-bond acceptors (Lipinski definition) is 2. The summed E-state index contributed by atoms with van der Waals surface area (Å²) >= 11 is 5.96. The van der Waals surface area contributed by atoms with Crippen LogP contribution in [0.5, 0.6) is 0 Å². The number of rotatable bonds is 1. The van der Waals surface area contributed by atoms with Crippen LogP contribution in [-0.4, -0.2) is 5.91 Å². The lowest BCUT2D eigenvalue weighted by Crippen LogP contribution is -2.09. The molecule has 1 aliphatic rings. The number of hydrogen-bond donors (Lipinski definition) is 2. The van der Waals surface area contributed by atoms with Gasteiger partial charge in [0, 0.05) is 16.3 Å². The zero-order chi connectivity index (χ0) is 14.3. The van der Waals surface area contributed by atoms with E-state index < -0.39 is 0 Å². The van der Waals surface area contributed by atoms with Crippen LogP contribution in [0.25, 0.3) is 11.3 Å². The van der Waals surface area contributed by atoms with E-state index >= 15 is 0 Å². The molecule has 3 rings (SSSR count). The summed E-state index contributed by atoms with van der Waals surface area (Å²) in [7, 11) is 0. The zero-order valence-electron chi connectivity index (χ0n) is 10.3. The van der Waals surface area contributed by atoms with Gasteiger partial charge in [-0.2, -0.15) is 0 Å². The van der Waals surface area contributed by atoms with E-state index in [1.807, 2.05) is 0 Å². The molecular weight excluding hydrogens is 279 g/mol. The number of fused-ring (bicyclic) bond motifs is 1. The highest BCUT2D eigenvalue weighted by molar-refractivity contribution is 6.38. The van der Waals surface area contributed by atoms with Gasteiger partial charge in [0.05, 0.1) is 11.3 Å². The molecule has 2 aromatic carbocycles. The van der Waals surface area contributed by atoms with Gasteiger partial charge in [-0.05, 0) is 48.0 Å². The van der Waals surface area contributed by atoms with E-state index in [1.165, 1.54) is 24.3 Å². The topological polar surface area (TPSA) is 55.1 Å². The average molecular weight is 289 g/mol. The van der Waals surface area contributed by atoms with Crippen LogP contribution in [0, 0.1) is 5.82 Å². The fraction of sp³-hybridized carbons (Fsp3) is 0. The molecule has 0 saturated heterocycles. The Bertz CT molecular complexity index is 738. The van der Waals surface area contributed by atoms with Gasteiger partial charge < -0.3 is 11.1 Å². The summed E-state index contributed by atoms with van der Waals surface area (Å²) in [5, 5.41) is 3.25. The monoisotopic (exact) mass is 288 g/mol. The molecule has 0 bridgehead atoms. The van der Waals surface area contributed by atoms with Crippen molar-refractivity contribution >= 4 is 34.5 Å². The van der Waals surface area contributed by atoms with E-state index in [-0.39, 0.29) is 11.7 Å². The van der Waals surface area contributed by atoms with E-state index in [0.717, 1.165) is 0 Å². The Balaban J connectivity index is 2.18. The van der Waals surface area contributed by atoms with Gasteiger partial charge in [-0.25, -0.2) is 4.39 Å². The Morgan fingerprint density at radius 3 is 2.55 bits per heavy atom. The first-order chi connectivity index (χ1) is 9.56. The molecule has 0 aromatic heterocycles. The minimum absolute atomic E-state index is 0.288. The highest BCUT2D eigenvalue weighted by Crippen LogP contribution is 2.36. The molecular formula is C15H10ClFN2O. The van der Waals surface area contributed by atoms with E-state index in [1.54, 1.807) is 18.2 Å². The Morgan fingerprint density at radius 1 is 1.15 bits per heavy atom. The number of nitrogens with one attached hydrogen (secondary N) is 1. The van der Waals surface area contributed by atoms with Gasteiger partial charge in [0.25, 0.3) is 5.91 Å². The van der Waals surface area contributed by atoms with Crippen molar-refractivity contribution in [1.29, 1.82) is 0 Å². The zero-order valence-corrected chi connectivity index (χ0v) is 11.0. The molecule has 1 aliphatic heterocycles. The molecule has 1 heterocycles. The number of benzene rings is 2. The van der Waals surface area contributed by atoms with E-state index in [0.29, 0.717) is 33.1 Å². The summed E-state index contributed by atoms with van der Waals surface area (Å²) in [6.45, 7) is 0. The van der Waals surface area contributed by atoms with Crippen LogP contribution in [0.15, 0.2) is 42.5 Å². The third kappa shape index (κ3) is 2.04. The highest BCUT2D eigenvalue weighted by atomic mass is 35.5. The van der Waals surface area contributed by atoms with Gasteiger partial charge in [0.1, 0.15) is 5.82 Å². The first kappa shape index (κ1) is 12.7. The number of amides is 1. The molecule has 0 spiro atoms. The fourth-order valence-electron chi connectivity index (χ4n) is 2.18. The molecule has 5 heteroatoms. The Morgan fingerprint density at radius 2 is 1.85 bits per heavy atom. The van der Waals surface area contributed by atoms with Crippen LogP contribution in [0.3, 0.4) is 0 Å². The smallest absolute Gasteiger partial charge is 0.258 e. The lowest BCUT2D eigenvalue weighted by molar-refractivity contribution is -0.110. The lowest BCUT2D eigenvalue weighted by Gasteiger charge is -2.06. The van der Waals surface area contributed by atoms with Crippen molar-refractivity contribution in [3.05, 3.63) is 64.4 Å². The van der Waals surface area contributed by atoms with Crippen molar-refractivity contribution in [2.24, 2.45) is 5.73 Å². The molecule has 0 radical (unpaired) electrons. The molecule has 1 amide bonds. The maximum atomic E-state index is 12.9. The summed E-state index contributed by atoms with van der Waals surface area (Å²) in [5.74, 6) is -0.644. The standard InChI is InChI=1S/C15H10ClFN2O/c16-9-3-6-12-11(7-9)13(15(20)19-12)14(18)8-1-4-10(17)5-2-8/h1-7H,18H2,(H,19,20)/b14-13-. The summed E-state index contributed by atoms with van der Waals surface area (Å²) in [6, 6.07) is 10.8. The minimum atomic E-state index is -0.356. The van der Waals surface area contributed by atoms with Crippen LogP contribution in [0.2, 0.25) is 5.02 Å². The van der Waals surface area contributed by atoms with E-state index in [2.05, 4.69) is 5.32 Å². The van der Waals surface area contributed by atoms with Gasteiger partial charge in [-0.15, -0.1) is 0 Å². The van der Waals surface area contributed by atoms with Crippen LogP contribution >= 0.6 is 11.6 Å². The van der Waals surface area contributed by atoms with Crippen LogP contribution < -0.4 is 11.1 Å². The molecule has 20 heavy (non-hydrogen) atoms. The van der Waals surface area contributed by atoms with Crippen LogP contribution in [-0.2, 0) is 4.79 Å². The predicted molar refractivity (Wildman–Crippen MR) is 77.5 cm³/mol. The molecule has 100 valence electrons. The fourth-order valence-corrected chi connectivity index (χ4v) is 2.35. The number of halogens is 2. The van der Waals surface area contributed by atoms with Crippen molar-refractivity contribution in [3.63, 3.8) is 0 Å². The van der Waals surface area contributed by atoms with Crippen molar-refractivity contribution in [3.8, 4) is 0 Å². The number of carbonyl (C=O) groups is 1. The lowest BCUT2D eigenvalue weighted by atomic mass is 10.0. The molecule has 3 N–H and O–H groups in total. The number of nitrogens with two attached hydrogens (primary N) is 1. The highest BCUT2D eigenvalue weighted by Gasteiger charge is 2.27. The summed E-state index contributed by atoms with van der Waals surface area (Å²) < 4.78 is 12.9. The van der Waals surface area contributed by atoms with Crippen LogP contribution in [0.1, 0.15) is 11.1 Å². The largest absolute Gasteiger partial charge is 0.398 e. The van der Waals surface area contributed by atoms with E-state index in [9.17, 15) is 9.18 Å². The quantitative estimate of drug-likeness (QED) is 0.791. The first-order valence-corrected chi connectivity index (χ1v) is 6.31. The summed E-state index contributed by atoms with van der Waals surface area (Å²) in [6.07, 6.45) is 0. The third-order valence-corrected chi connectivity index (χ3v) is 3.39. The number of anilines is 1. The molecule has 0 fully saturated rings. The normalized spacial score (nSPS) is 15.8. The molecule has 3 nitrogen and oxygen atoms in total.